The summed E-state index contributed by atoms with van der Waals surface area (Å²) in [6, 6.07) is 5.19. The van der Waals surface area contributed by atoms with E-state index < -0.39 is 58.9 Å². The number of fused-ring (bicyclic) bond motifs is 3. The van der Waals surface area contributed by atoms with Gasteiger partial charge in [-0.3, -0.25) is 19.2 Å². The molecule has 232 valence electrons. The van der Waals surface area contributed by atoms with Crippen LogP contribution >= 0.6 is 0 Å². The smallest absolute Gasteiger partial charge is 0.332 e. The van der Waals surface area contributed by atoms with E-state index in [0.29, 0.717) is 30.5 Å². The molecule has 43 heavy (non-hydrogen) atoms. The van der Waals surface area contributed by atoms with Gasteiger partial charge in [0.05, 0.1) is 11.5 Å². The van der Waals surface area contributed by atoms with Crippen LogP contribution in [-0.2, 0) is 24.6 Å². The first-order chi connectivity index (χ1) is 20.1. The molecule has 2 saturated heterocycles. The maximum atomic E-state index is 14.3. The van der Waals surface area contributed by atoms with Crippen molar-refractivity contribution in [1.82, 2.24) is 14.7 Å². The molecule has 1 aliphatic carbocycles. The lowest BCUT2D eigenvalue weighted by Gasteiger charge is -2.39. The number of likely N-dealkylation sites (N-methyl/N-ethyl adjacent to an activating group) is 1. The Balaban J connectivity index is 1.46. The Bertz CT molecular complexity index is 1370. The summed E-state index contributed by atoms with van der Waals surface area (Å²) in [5.74, 6) is -3.82. The van der Waals surface area contributed by atoms with E-state index in [2.05, 4.69) is 11.4 Å². The average Bonchev–Trinajstić information content (AvgIpc) is 3.61. The van der Waals surface area contributed by atoms with Gasteiger partial charge in [0.15, 0.2) is 0 Å². The van der Waals surface area contributed by atoms with Crippen molar-refractivity contribution in [3.05, 3.63) is 29.8 Å². The van der Waals surface area contributed by atoms with Gasteiger partial charge < -0.3 is 20.0 Å². The van der Waals surface area contributed by atoms with Gasteiger partial charge in [0.2, 0.25) is 17.7 Å². The van der Waals surface area contributed by atoms with Crippen molar-refractivity contribution < 1.29 is 32.3 Å². The number of carbonyl (C=O) groups excluding carboxylic acids is 4. The Kier molecular flexibility index (Phi) is 7.76. The Morgan fingerprint density at radius 3 is 2.49 bits per heavy atom. The molecule has 0 bridgehead atoms. The minimum atomic E-state index is -5.13. The van der Waals surface area contributed by atoms with E-state index in [4.69, 9.17) is 0 Å². The summed E-state index contributed by atoms with van der Waals surface area (Å²) in [7, 11) is 1.39. The van der Waals surface area contributed by atoms with Crippen LogP contribution in [0.5, 0.6) is 0 Å². The van der Waals surface area contributed by atoms with E-state index in [9.17, 15) is 37.6 Å². The van der Waals surface area contributed by atoms with Gasteiger partial charge in [-0.2, -0.15) is 18.4 Å². The Hall–Kier alpha value is -3.62. The highest BCUT2D eigenvalue weighted by molar-refractivity contribution is 6.07. The van der Waals surface area contributed by atoms with E-state index in [1.807, 2.05) is 20.8 Å². The number of hydrogen-bond acceptors (Lipinski definition) is 5. The number of benzene rings is 1. The number of nitrogens with one attached hydrogen (secondary N) is 1. The van der Waals surface area contributed by atoms with Crippen LogP contribution < -0.4 is 5.32 Å². The number of nitriles is 1. The zero-order valence-corrected chi connectivity index (χ0v) is 24.9. The predicted octanol–water partition coefficient (Wildman–Crippen LogP) is 3.99. The number of anilines is 1. The number of nitrogens with zero attached hydrogens (tertiary/aromatic N) is 4. The van der Waals surface area contributed by atoms with Crippen LogP contribution in [0.1, 0.15) is 71.3 Å². The van der Waals surface area contributed by atoms with Gasteiger partial charge in [-0.15, -0.1) is 0 Å². The van der Waals surface area contributed by atoms with Gasteiger partial charge in [0, 0.05) is 31.7 Å². The second-order valence-electron chi connectivity index (χ2n) is 13.7. The minimum Gasteiger partial charge on any atom is -0.332 e. The first kappa shape index (κ1) is 30.8. The third kappa shape index (κ3) is 5.36. The van der Waals surface area contributed by atoms with E-state index >= 15 is 0 Å². The summed E-state index contributed by atoms with van der Waals surface area (Å²) in [5, 5.41) is 12.9. The van der Waals surface area contributed by atoms with E-state index in [-0.39, 0.29) is 37.6 Å². The molecule has 1 N–H and O–H groups in total. The third-order valence-electron chi connectivity index (χ3n) is 9.67. The lowest BCUT2D eigenvalue weighted by atomic mass is 9.80. The van der Waals surface area contributed by atoms with Crippen LogP contribution in [0, 0.1) is 22.7 Å². The number of halogens is 3. The van der Waals surface area contributed by atoms with Crippen molar-refractivity contribution in [2.75, 3.05) is 18.9 Å². The predicted molar refractivity (Wildman–Crippen MR) is 150 cm³/mol. The highest BCUT2D eigenvalue weighted by atomic mass is 19.4. The van der Waals surface area contributed by atoms with Crippen molar-refractivity contribution in [2.45, 2.75) is 101 Å². The maximum Gasteiger partial charge on any atom is 0.471 e. The quantitative estimate of drug-likeness (QED) is 0.561. The molecular formula is C31H38F3N5O4. The van der Waals surface area contributed by atoms with Crippen molar-refractivity contribution in [3.63, 3.8) is 0 Å². The number of likely N-dealkylation sites (tertiary alicyclic amines) is 2. The van der Waals surface area contributed by atoms with Crippen LogP contribution in [-0.4, -0.2) is 82.3 Å². The standard InChI is InChI=1S/C31H38F3N5O4/c1-29(2,3)15-24(26(41)38-17-30(14-19(38)16-35)20-10-6-7-11-21(20)36-27(30)42)37(4)25(40)23-13-18-9-5-8-12-22(18)39(23)28(43)31(32,33)34/h6-7,10-11,18-19,22-24H,5,8-9,12-15,17H2,1-4H3,(H,36,42)/t18-,19-,22-,23-,24-,30-/m0/s1. The maximum absolute atomic E-state index is 14.3. The largest absolute Gasteiger partial charge is 0.471 e. The van der Waals surface area contributed by atoms with Crippen molar-refractivity contribution in [1.29, 1.82) is 5.26 Å². The van der Waals surface area contributed by atoms with Crippen molar-refractivity contribution in [2.24, 2.45) is 11.3 Å². The molecule has 3 fully saturated rings. The molecule has 3 heterocycles. The van der Waals surface area contributed by atoms with Gasteiger partial charge >= 0.3 is 12.1 Å². The second-order valence-corrected chi connectivity index (χ2v) is 13.7. The summed E-state index contributed by atoms with van der Waals surface area (Å²) < 4.78 is 41.2. The molecule has 4 aliphatic rings. The molecule has 6 atom stereocenters. The first-order valence-electron chi connectivity index (χ1n) is 14.9. The van der Waals surface area contributed by atoms with Gasteiger partial charge in [0.1, 0.15) is 18.1 Å². The number of rotatable bonds is 4. The highest BCUT2D eigenvalue weighted by Gasteiger charge is 2.58. The van der Waals surface area contributed by atoms with E-state index in [1.54, 1.807) is 24.3 Å². The van der Waals surface area contributed by atoms with Gasteiger partial charge in [-0.05, 0) is 48.6 Å². The third-order valence-corrected chi connectivity index (χ3v) is 9.67. The summed E-state index contributed by atoms with van der Waals surface area (Å²) >= 11 is 0. The van der Waals surface area contributed by atoms with E-state index in [0.717, 1.165) is 11.3 Å². The van der Waals surface area contributed by atoms with Crippen LogP contribution in [0.15, 0.2) is 24.3 Å². The van der Waals surface area contributed by atoms with Crippen LogP contribution in [0.4, 0.5) is 18.9 Å². The average molecular weight is 602 g/mol. The van der Waals surface area contributed by atoms with Crippen LogP contribution in [0.2, 0.25) is 0 Å². The van der Waals surface area contributed by atoms with Gasteiger partial charge in [0.25, 0.3) is 0 Å². The molecular weight excluding hydrogens is 563 g/mol. The van der Waals surface area contributed by atoms with Gasteiger partial charge in [-0.1, -0.05) is 51.8 Å². The Morgan fingerprint density at radius 1 is 1.16 bits per heavy atom. The molecule has 12 heteroatoms. The molecule has 4 amide bonds. The lowest BCUT2D eigenvalue weighted by molar-refractivity contribution is -0.190. The molecule has 1 saturated carbocycles. The number of hydrogen-bond donors (Lipinski definition) is 1. The highest BCUT2D eigenvalue weighted by Crippen LogP contribution is 2.47. The second kappa shape index (κ2) is 10.8. The summed E-state index contributed by atoms with van der Waals surface area (Å²) in [6.07, 6.45) is -2.26. The number of alkyl halides is 3. The molecule has 0 unspecified atom stereocenters. The summed E-state index contributed by atoms with van der Waals surface area (Å²) in [4.78, 5) is 57.5. The molecule has 1 aromatic rings. The zero-order chi connectivity index (χ0) is 31.5. The van der Waals surface area contributed by atoms with Crippen LogP contribution in [0.25, 0.3) is 0 Å². The molecule has 0 aromatic heterocycles. The molecule has 3 aliphatic heterocycles. The SMILES string of the molecule is CN(C(=O)[C@@H]1C[C@@H]2CCCC[C@@H]2N1C(=O)C(F)(F)F)[C@@H](CC(C)(C)C)C(=O)N1C[C@]2(C[C@H]1C#N)C(=O)Nc1ccccc12. The monoisotopic (exact) mass is 601 g/mol. The zero-order valence-electron chi connectivity index (χ0n) is 24.9. The lowest BCUT2D eigenvalue weighted by Crippen LogP contribution is -2.58. The fourth-order valence-corrected chi connectivity index (χ4v) is 7.66. The van der Waals surface area contributed by atoms with Crippen molar-refractivity contribution >= 4 is 29.3 Å². The minimum absolute atomic E-state index is 0.0676. The Labute approximate surface area is 249 Å². The molecule has 5 rings (SSSR count). The van der Waals surface area contributed by atoms with Gasteiger partial charge in [-0.25, -0.2) is 0 Å². The van der Waals surface area contributed by atoms with Crippen molar-refractivity contribution in [3.8, 4) is 6.07 Å². The fourth-order valence-electron chi connectivity index (χ4n) is 7.66. The number of carbonyl (C=O) groups is 4. The number of para-hydroxylation sites is 1. The summed E-state index contributed by atoms with van der Waals surface area (Å²) in [6.45, 7) is 5.57. The van der Waals surface area contributed by atoms with Crippen LogP contribution in [0.3, 0.4) is 0 Å². The summed E-state index contributed by atoms with van der Waals surface area (Å²) in [5.41, 5.74) is -0.300. The number of amides is 4. The molecule has 0 radical (unpaired) electrons. The Morgan fingerprint density at radius 2 is 1.84 bits per heavy atom. The molecule has 9 nitrogen and oxygen atoms in total. The van der Waals surface area contributed by atoms with E-state index in [1.165, 1.54) is 16.8 Å². The first-order valence-corrected chi connectivity index (χ1v) is 14.9. The topological polar surface area (TPSA) is 114 Å². The normalized spacial score (nSPS) is 29.1. The molecule has 1 spiro atoms. The fraction of sp³-hybridized carbons (Fsp3) is 0.645. The molecule has 1 aromatic carbocycles.